The highest BCUT2D eigenvalue weighted by molar-refractivity contribution is 5.97. The SMILES string of the molecule is COc1cc(Cn2cc(CC(=O)Nc3ccc(OC)cc3OC)c3ccccc32)cc(OC)c1. The molecule has 0 spiro atoms. The summed E-state index contributed by atoms with van der Waals surface area (Å²) >= 11 is 0. The number of carbonyl (C=O) groups excluding carboxylic acids is 1. The minimum Gasteiger partial charge on any atom is -0.497 e. The van der Waals surface area contributed by atoms with Gasteiger partial charge in [0, 0.05) is 35.8 Å². The Morgan fingerprint density at radius 2 is 1.53 bits per heavy atom. The highest BCUT2D eigenvalue weighted by Gasteiger charge is 2.15. The number of hydrogen-bond acceptors (Lipinski definition) is 5. The van der Waals surface area contributed by atoms with Crippen molar-refractivity contribution in [2.24, 2.45) is 0 Å². The molecule has 4 aromatic rings. The Hall–Kier alpha value is -4.13. The van der Waals surface area contributed by atoms with Gasteiger partial charge in [0.05, 0.1) is 40.5 Å². The van der Waals surface area contributed by atoms with Gasteiger partial charge in [0.2, 0.25) is 5.91 Å². The molecule has 1 amide bonds. The van der Waals surface area contributed by atoms with Crippen LogP contribution in [0.5, 0.6) is 23.0 Å². The lowest BCUT2D eigenvalue weighted by atomic mass is 10.1. The number of nitrogens with one attached hydrogen (secondary N) is 1. The summed E-state index contributed by atoms with van der Waals surface area (Å²) in [4.78, 5) is 12.9. The van der Waals surface area contributed by atoms with Crippen molar-refractivity contribution in [2.45, 2.75) is 13.0 Å². The smallest absolute Gasteiger partial charge is 0.228 e. The second-order valence-electron chi connectivity index (χ2n) is 7.81. The first-order chi connectivity index (χ1) is 16.5. The van der Waals surface area contributed by atoms with Gasteiger partial charge in [-0.3, -0.25) is 4.79 Å². The van der Waals surface area contributed by atoms with Crippen molar-refractivity contribution in [3.8, 4) is 23.0 Å². The van der Waals surface area contributed by atoms with E-state index in [1.54, 1.807) is 46.6 Å². The van der Waals surface area contributed by atoms with Gasteiger partial charge in [-0.15, -0.1) is 0 Å². The molecule has 0 saturated heterocycles. The molecule has 7 nitrogen and oxygen atoms in total. The third-order valence-electron chi connectivity index (χ3n) is 5.67. The Balaban J connectivity index is 1.60. The van der Waals surface area contributed by atoms with E-state index in [1.165, 1.54) is 0 Å². The number of ether oxygens (including phenoxy) is 4. The lowest BCUT2D eigenvalue weighted by Crippen LogP contribution is -2.15. The molecule has 4 rings (SSSR count). The fourth-order valence-electron chi connectivity index (χ4n) is 4.02. The van der Waals surface area contributed by atoms with E-state index in [2.05, 4.69) is 16.0 Å². The molecule has 176 valence electrons. The number of hydrogen-bond donors (Lipinski definition) is 1. The molecule has 34 heavy (non-hydrogen) atoms. The van der Waals surface area contributed by atoms with E-state index < -0.39 is 0 Å². The summed E-state index contributed by atoms with van der Waals surface area (Å²) in [5.41, 5.74) is 3.63. The Morgan fingerprint density at radius 1 is 0.824 bits per heavy atom. The van der Waals surface area contributed by atoms with Crippen molar-refractivity contribution in [2.75, 3.05) is 33.8 Å². The zero-order chi connectivity index (χ0) is 24.1. The first-order valence-electron chi connectivity index (χ1n) is 10.8. The van der Waals surface area contributed by atoms with Gasteiger partial charge < -0.3 is 28.8 Å². The largest absolute Gasteiger partial charge is 0.497 e. The number of para-hydroxylation sites is 1. The number of aromatic nitrogens is 1. The second kappa shape index (κ2) is 10.2. The van der Waals surface area contributed by atoms with Crippen molar-refractivity contribution >= 4 is 22.5 Å². The van der Waals surface area contributed by atoms with Crippen molar-refractivity contribution in [1.82, 2.24) is 4.57 Å². The zero-order valence-corrected chi connectivity index (χ0v) is 19.8. The lowest BCUT2D eigenvalue weighted by molar-refractivity contribution is -0.115. The maximum Gasteiger partial charge on any atom is 0.228 e. The number of nitrogens with zero attached hydrogens (tertiary/aromatic N) is 1. The molecule has 1 heterocycles. The number of fused-ring (bicyclic) bond motifs is 1. The molecule has 0 aliphatic carbocycles. The molecule has 3 aromatic carbocycles. The predicted molar refractivity (Wildman–Crippen MR) is 132 cm³/mol. The quantitative estimate of drug-likeness (QED) is 0.385. The molecule has 1 N–H and O–H groups in total. The van der Waals surface area contributed by atoms with E-state index in [9.17, 15) is 4.79 Å². The van der Waals surface area contributed by atoms with Crippen LogP contribution in [0.3, 0.4) is 0 Å². The Bertz CT molecular complexity index is 1290. The molecular formula is C27H28N2O5. The van der Waals surface area contributed by atoms with Gasteiger partial charge in [-0.25, -0.2) is 0 Å². The Morgan fingerprint density at radius 3 is 2.21 bits per heavy atom. The summed E-state index contributed by atoms with van der Waals surface area (Å²) in [5, 5.41) is 3.99. The van der Waals surface area contributed by atoms with E-state index >= 15 is 0 Å². The summed E-state index contributed by atoms with van der Waals surface area (Å²) in [5.74, 6) is 2.54. The van der Waals surface area contributed by atoms with Gasteiger partial charge in [-0.2, -0.15) is 0 Å². The maximum atomic E-state index is 12.9. The zero-order valence-electron chi connectivity index (χ0n) is 19.8. The highest BCUT2D eigenvalue weighted by atomic mass is 16.5. The van der Waals surface area contributed by atoms with Crippen LogP contribution in [-0.2, 0) is 17.8 Å². The summed E-state index contributed by atoms with van der Waals surface area (Å²) in [6.45, 7) is 0.613. The van der Waals surface area contributed by atoms with Gasteiger partial charge >= 0.3 is 0 Å². The number of carbonyl (C=O) groups is 1. The van der Waals surface area contributed by atoms with Crippen LogP contribution < -0.4 is 24.3 Å². The minimum atomic E-state index is -0.130. The molecule has 0 aliphatic heterocycles. The van der Waals surface area contributed by atoms with Crippen molar-refractivity contribution < 1.29 is 23.7 Å². The van der Waals surface area contributed by atoms with E-state index in [-0.39, 0.29) is 12.3 Å². The molecule has 0 atom stereocenters. The normalized spacial score (nSPS) is 10.7. The topological polar surface area (TPSA) is 71.0 Å². The van der Waals surface area contributed by atoms with E-state index in [1.807, 2.05) is 42.6 Å². The number of anilines is 1. The second-order valence-corrected chi connectivity index (χ2v) is 7.81. The molecule has 0 fully saturated rings. The van der Waals surface area contributed by atoms with Crippen LogP contribution in [0.2, 0.25) is 0 Å². The lowest BCUT2D eigenvalue weighted by Gasteiger charge is -2.11. The summed E-state index contributed by atoms with van der Waals surface area (Å²) < 4.78 is 23.6. The molecule has 0 aliphatic rings. The predicted octanol–water partition coefficient (Wildman–Crippen LogP) is 4.91. The third kappa shape index (κ3) is 4.93. The van der Waals surface area contributed by atoms with Crippen LogP contribution in [0.4, 0.5) is 5.69 Å². The summed E-state index contributed by atoms with van der Waals surface area (Å²) in [6, 6.07) is 19.2. The van der Waals surface area contributed by atoms with Crippen molar-refractivity contribution in [3.63, 3.8) is 0 Å². The first-order valence-corrected chi connectivity index (χ1v) is 10.8. The third-order valence-corrected chi connectivity index (χ3v) is 5.67. The Kier molecular flexibility index (Phi) is 6.92. The molecule has 0 radical (unpaired) electrons. The number of benzene rings is 3. The van der Waals surface area contributed by atoms with Gasteiger partial charge in [-0.05, 0) is 41.5 Å². The average Bonchev–Trinajstić information content (AvgIpc) is 3.20. The summed E-state index contributed by atoms with van der Waals surface area (Å²) in [7, 11) is 6.42. The van der Waals surface area contributed by atoms with Crippen LogP contribution in [0.25, 0.3) is 10.9 Å². The van der Waals surface area contributed by atoms with E-state index in [0.717, 1.165) is 33.5 Å². The molecule has 0 saturated carbocycles. The van der Waals surface area contributed by atoms with Crippen molar-refractivity contribution in [1.29, 1.82) is 0 Å². The first kappa shape index (κ1) is 23.0. The van der Waals surface area contributed by atoms with Crippen LogP contribution in [0.1, 0.15) is 11.1 Å². The number of rotatable bonds is 9. The van der Waals surface area contributed by atoms with Crippen LogP contribution in [-0.4, -0.2) is 38.9 Å². The van der Waals surface area contributed by atoms with Gasteiger partial charge in [0.15, 0.2) is 0 Å². The molecule has 7 heteroatoms. The average molecular weight is 461 g/mol. The molecule has 0 bridgehead atoms. The maximum absolute atomic E-state index is 12.9. The fraction of sp³-hybridized carbons (Fsp3) is 0.222. The van der Waals surface area contributed by atoms with Gasteiger partial charge in [0.25, 0.3) is 0 Å². The van der Waals surface area contributed by atoms with Crippen LogP contribution >= 0.6 is 0 Å². The van der Waals surface area contributed by atoms with E-state index in [0.29, 0.717) is 23.7 Å². The number of methoxy groups -OCH3 is 4. The standard InChI is InChI=1S/C27H28N2O5/c1-31-20-9-10-24(26(15-20)34-4)28-27(30)13-19-17-29(25-8-6-5-7-23(19)25)16-18-11-21(32-2)14-22(12-18)33-3/h5-12,14-15,17H,13,16H2,1-4H3,(H,28,30). The minimum absolute atomic E-state index is 0.130. The van der Waals surface area contributed by atoms with Crippen molar-refractivity contribution in [3.05, 3.63) is 78.0 Å². The number of amides is 1. The molecule has 0 unspecified atom stereocenters. The van der Waals surface area contributed by atoms with Gasteiger partial charge in [-0.1, -0.05) is 18.2 Å². The van der Waals surface area contributed by atoms with Gasteiger partial charge in [0.1, 0.15) is 23.0 Å². The van der Waals surface area contributed by atoms with Crippen LogP contribution in [0, 0.1) is 0 Å². The van der Waals surface area contributed by atoms with E-state index in [4.69, 9.17) is 18.9 Å². The summed E-state index contributed by atoms with van der Waals surface area (Å²) in [6.07, 6.45) is 2.26. The Labute approximate surface area is 198 Å². The molecule has 1 aromatic heterocycles. The monoisotopic (exact) mass is 460 g/mol. The fourth-order valence-corrected chi connectivity index (χ4v) is 4.02. The highest BCUT2D eigenvalue weighted by Crippen LogP contribution is 2.30. The van der Waals surface area contributed by atoms with Crippen LogP contribution in [0.15, 0.2) is 66.9 Å². The molecular weight excluding hydrogens is 432 g/mol.